The average molecular weight is 421 g/mol. The van der Waals surface area contributed by atoms with Crippen LogP contribution in [0.25, 0.3) is 11.3 Å². The quantitative estimate of drug-likeness (QED) is 0.555. The van der Waals surface area contributed by atoms with Crippen molar-refractivity contribution in [3.05, 3.63) is 59.6 Å². The van der Waals surface area contributed by atoms with Crippen LogP contribution in [0.5, 0.6) is 0 Å². The third-order valence-electron chi connectivity index (χ3n) is 3.66. The minimum absolute atomic E-state index is 0.0259. The van der Waals surface area contributed by atoms with Gasteiger partial charge in [-0.1, -0.05) is 23.7 Å². The Morgan fingerprint density at radius 1 is 1.14 bits per heavy atom. The second kappa shape index (κ2) is 8.32. The van der Waals surface area contributed by atoms with Crippen molar-refractivity contribution in [3.63, 3.8) is 0 Å². The van der Waals surface area contributed by atoms with Crippen molar-refractivity contribution in [1.82, 2.24) is 10.2 Å². The molecule has 0 bridgehead atoms. The van der Waals surface area contributed by atoms with E-state index in [-0.39, 0.29) is 17.3 Å². The van der Waals surface area contributed by atoms with E-state index >= 15 is 0 Å². The molecule has 3 rings (SSSR count). The first-order chi connectivity index (χ1) is 13.4. The number of hydrogen-bond donors (Lipinski definition) is 3. The maximum Gasteiger partial charge on any atom is 0.411 e. The molecule has 0 radical (unpaired) electrons. The lowest BCUT2D eigenvalue weighted by Gasteiger charge is -2.08. The zero-order valence-corrected chi connectivity index (χ0v) is 16.3. The van der Waals surface area contributed by atoms with Crippen molar-refractivity contribution >= 4 is 39.2 Å². The van der Waals surface area contributed by atoms with Gasteiger partial charge in [-0.15, -0.1) is 0 Å². The summed E-state index contributed by atoms with van der Waals surface area (Å²) >= 11 is 5.87. The SMILES string of the molecule is CCOC(=O)Nc1ccc(S(=O)(=O)Nc2cc(-c3ccc(Cl)cc3)[nH]n2)cc1. The monoisotopic (exact) mass is 420 g/mol. The summed E-state index contributed by atoms with van der Waals surface area (Å²) in [6, 6.07) is 14.3. The minimum Gasteiger partial charge on any atom is -0.450 e. The van der Waals surface area contributed by atoms with Crippen molar-refractivity contribution in [3.8, 4) is 11.3 Å². The number of amides is 1. The number of sulfonamides is 1. The van der Waals surface area contributed by atoms with Crippen molar-refractivity contribution in [2.24, 2.45) is 0 Å². The molecule has 0 unspecified atom stereocenters. The van der Waals surface area contributed by atoms with Crippen LogP contribution in [0.15, 0.2) is 59.5 Å². The molecule has 1 amide bonds. The summed E-state index contributed by atoms with van der Waals surface area (Å²) in [5, 5.41) is 9.85. The molecule has 0 saturated carbocycles. The van der Waals surface area contributed by atoms with E-state index in [1.807, 2.05) is 0 Å². The van der Waals surface area contributed by atoms with E-state index in [2.05, 4.69) is 20.2 Å². The molecule has 1 aromatic heterocycles. The molecule has 3 aromatic rings. The van der Waals surface area contributed by atoms with Crippen LogP contribution in [0.2, 0.25) is 5.02 Å². The number of anilines is 2. The van der Waals surface area contributed by atoms with Crippen LogP contribution in [0.1, 0.15) is 6.92 Å². The molecule has 3 N–H and O–H groups in total. The van der Waals surface area contributed by atoms with Crippen molar-refractivity contribution in [2.45, 2.75) is 11.8 Å². The summed E-state index contributed by atoms with van der Waals surface area (Å²) in [6.07, 6.45) is -0.609. The number of benzene rings is 2. The third kappa shape index (κ3) is 4.81. The van der Waals surface area contributed by atoms with E-state index in [9.17, 15) is 13.2 Å². The molecule has 0 aliphatic heterocycles. The number of ether oxygens (including phenoxy) is 1. The maximum atomic E-state index is 12.5. The van der Waals surface area contributed by atoms with Crippen LogP contribution in [-0.2, 0) is 14.8 Å². The molecule has 0 fully saturated rings. The summed E-state index contributed by atoms with van der Waals surface area (Å²) in [4.78, 5) is 11.4. The van der Waals surface area contributed by atoms with Gasteiger partial charge in [-0.25, -0.2) is 13.2 Å². The summed E-state index contributed by atoms with van der Waals surface area (Å²) in [6.45, 7) is 1.93. The van der Waals surface area contributed by atoms with Gasteiger partial charge >= 0.3 is 6.09 Å². The van der Waals surface area contributed by atoms with Crippen LogP contribution in [0.4, 0.5) is 16.3 Å². The normalized spacial score (nSPS) is 11.1. The molecule has 0 saturated heterocycles. The summed E-state index contributed by atoms with van der Waals surface area (Å²) in [7, 11) is -3.84. The number of nitrogens with one attached hydrogen (secondary N) is 3. The minimum atomic E-state index is -3.84. The van der Waals surface area contributed by atoms with E-state index in [0.29, 0.717) is 16.4 Å². The van der Waals surface area contributed by atoms with Crippen LogP contribution >= 0.6 is 11.6 Å². The van der Waals surface area contributed by atoms with Crippen LogP contribution in [-0.4, -0.2) is 31.3 Å². The Bertz CT molecular complexity index is 1060. The Balaban J connectivity index is 1.71. The van der Waals surface area contributed by atoms with Gasteiger partial charge in [-0.05, 0) is 48.9 Å². The highest BCUT2D eigenvalue weighted by Crippen LogP contribution is 2.23. The Morgan fingerprint density at radius 3 is 2.46 bits per heavy atom. The van der Waals surface area contributed by atoms with Gasteiger partial charge in [-0.2, -0.15) is 5.10 Å². The fourth-order valence-electron chi connectivity index (χ4n) is 2.35. The highest BCUT2D eigenvalue weighted by atomic mass is 35.5. The van der Waals surface area contributed by atoms with Gasteiger partial charge in [0, 0.05) is 16.8 Å². The number of carbonyl (C=O) groups excluding carboxylic acids is 1. The van der Waals surface area contributed by atoms with E-state index in [4.69, 9.17) is 16.3 Å². The number of H-pyrrole nitrogens is 1. The predicted molar refractivity (Wildman–Crippen MR) is 107 cm³/mol. The molecular weight excluding hydrogens is 404 g/mol. The van der Waals surface area contributed by atoms with E-state index in [0.717, 1.165) is 5.56 Å². The first kappa shape index (κ1) is 19.7. The molecular formula is C18H17ClN4O4S. The molecule has 1 heterocycles. The lowest BCUT2D eigenvalue weighted by Crippen LogP contribution is -2.15. The Morgan fingerprint density at radius 2 is 1.82 bits per heavy atom. The van der Waals surface area contributed by atoms with Crippen molar-refractivity contribution < 1.29 is 17.9 Å². The molecule has 0 aliphatic carbocycles. The van der Waals surface area contributed by atoms with Crippen molar-refractivity contribution in [2.75, 3.05) is 16.6 Å². The zero-order valence-electron chi connectivity index (χ0n) is 14.8. The number of halogens is 1. The van der Waals surface area contributed by atoms with Gasteiger partial charge < -0.3 is 4.74 Å². The van der Waals surface area contributed by atoms with E-state index < -0.39 is 16.1 Å². The summed E-state index contributed by atoms with van der Waals surface area (Å²) < 4.78 is 32.2. The molecule has 8 nitrogen and oxygen atoms in total. The summed E-state index contributed by atoms with van der Waals surface area (Å²) in [5.41, 5.74) is 1.88. The van der Waals surface area contributed by atoms with Gasteiger partial charge in [0.05, 0.1) is 17.2 Å². The molecule has 28 heavy (non-hydrogen) atoms. The number of hydrogen-bond acceptors (Lipinski definition) is 5. The topological polar surface area (TPSA) is 113 Å². The third-order valence-corrected chi connectivity index (χ3v) is 5.28. The number of rotatable bonds is 6. The standard InChI is InChI=1S/C18H17ClN4O4S/c1-2-27-18(24)20-14-7-9-15(10-8-14)28(25,26)23-17-11-16(21-22-17)12-3-5-13(19)6-4-12/h3-11H,2H2,1H3,(H,20,24)(H2,21,22,23). The summed E-state index contributed by atoms with van der Waals surface area (Å²) in [5.74, 6) is 0.152. The Kier molecular flexibility index (Phi) is 5.86. The van der Waals surface area contributed by atoms with Crippen LogP contribution in [0, 0.1) is 0 Å². The lowest BCUT2D eigenvalue weighted by atomic mass is 10.1. The average Bonchev–Trinajstić information content (AvgIpc) is 3.10. The van der Waals surface area contributed by atoms with Crippen LogP contribution < -0.4 is 10.0 Å². The van der Waals surface area contributed by atoms with Crippen LogP contribution in [0.3, 0.4) is 0 Å². The highest BCUT2D eigenvalue weighted by Gasteiger charge is 2.16. The Hall–Kier alpha value is -3.04. The molecule has 0 spiro atoms. The fraction of sp³-hybridized carbons (Fsp3) is 0.111. The number of aromatic nitrogens is 2. The fourth-order valence-corrected chi connectivity index (χ4v) is 3.47. The number of nitrogens with zero attached hydrogens (tertiary/aromatic N) is 1. The molecule has 10 heteroatoms. The largest absolute Gasteiger partial charge is 0.450 e. The van der Waals surface area contributed by atoms with E-state index in [1.165, 1.54) is 24.3 Å². The lowest BCUT2D eigenvalue weighted by molar-refractivity contribution is 0.168. The zero-order chi connectivity index (χ0) is 20.1. The second-order valence-electron chi connectivity index (χ2n) is 5.65. The first-order valence-corrected chi connectivity index (χ1v) is 10.1. The predicted octanol–water partition coefficient (Wildman–Crippen LogP) is 4.10. The van der Waals surface area contributed by atoms with Gasteiger partial charge in [0.2, 0.25) is 0 Å². The molecule has 0 aliphatic rings. The Labute approximate surface area is 166 Å². The van der Waals surface area contributed by atoms with Gasteiger partial charge in [-0.3, -0.25) is 15.1 Å². The van der Waals surface area contributed by atoms with Crippen molar-refractivity contribution in [1.29, 1.82) is 0 Å². The first-order valence-electron chi connectivity index (χ1n) is 8.25. The van der Waals surface area contributed by atoms with Gasteiger partial charge in [0.15, 0.2) is 5.82 Å². The number of carbonyl (C=O) groups is 1. The smallest absolute Gasteiger partial charge is 0.411 e. The van der Waals surface area contributed by atoms with Gasteiger partial charge in [0.25, 0.3) is 10.0 Å². The molecule has 2 aromatic carbocycles. The number of aromatic amines is 1. The molecule has 0 atom stereocenters. The maximum absolute atomic E-state index is 12.5. The van der Waals surface area contributed by atoms with E-state index in [1.54, 1.807) is 37.3 Å². The highest BCUT2D eigenvalue weighted by molar-refractivity contribution is 7.92. The second-order valence-corrected chi connectivity index (χ2v) is 7.77. The molecule has 146 valence electrons. The van der Waals surface area contributed by atoms with Gasteiger partial charge in [0.1, 0.15) is 0 Å².